The zero-order valence-electron chi connectivity index (χ0n) is 8.60. The number of rotatable bonds is 2. The molecule has 0 saturated carbocycles. The van der Waals surface area contributed by atoms with E-state index >= 15 is 0 Å². The van der Waals surface area contributed by atoms with Crippen LogP contribution in [0, 0.1) is 0 Å². The topological polar surface area (TPSA) is 38.9 Å². The summed E-state index contributed by atoms with van der Waals surface area (Å²) in [6.45, 7) is 3.51. The van der Waals surface area contributed by atoms with Crippen LogP contribution in [0.1, 0.15) is 36.7 Å². The molecule has 1 rings (SSSR count). The van der Waals surface area contributed by atoms with Gasteiger partial charge in [-0.3, -0.25) is 4.98 Å². The predicted octanol–water partition coefficient (Wildman–Crippen LogP) is 2.68. The van der Waals surface area contributed by atoms with E-state index in [2.05, 4.69) is 4.98 Å². The molecule has 0 spiro atoms. The molecule has 1 aromatic heterocycles. The number of nitrogens with zero attached hydrogens (tertiary/aromatic N) is 1. The lowest BCUT2D eigenvalue weighted by molar-refractivity contribution is -0.138. The first-order chi connectivity index (χ1) is 6.86. The van der Waals surface area contributed by atoms with Gasteiger partial charge in [-0.25, -0.2) is 0 Å². The lowest BCUT2D eigenvalue weighted by Crippen LogP contribution is -2.14. The number of alkyl halides is 3. The fourth-order valence-corrected chi connectivity index (χ4v) is 1.31. The number of hydrogen-bond donors (Lipinski definition) is 1. The molecule has 2 nitrogen and oxygen atoms in total. The summed E-state index contributed by atoms with van der Waals surface area (Å²) in [5, 5.41) is 0. The lowest BCUT2D eigenvalue weighted by Gasteiger charge is -2.15. The number of pyridine rings is 1. The van der Waals surface area contributed by atoms with Gasteiger partial charge in [-0.05, 0) is 18.1 Å². The Bertz CT molecular complexity index is 345. The van der Waals surface area contributed by atoms with Gasteiger partial charge in [0.1, 0.15) is 0 Å². The van der Waals surface area contributed by atoms with Crippen molar-refractivity contribution in [3.8, 4) is 0 Å². The van der Waals surface area contributed by atoms with Crippen LogP contribution in [0.3, 0.4) is 0 Å². The van der Waals surface area contributed by atoms with Crippen molar-refractivity contribution >= 4 is 0 Å². The highest BCUT2D eigenvalue weighted by molar-refractivity contribution is 5.28. The first kappa shape index (κ1) is 12.0. The molecule has 1 aromatic rings. The van der Waals surface area contributed by atoms with E-state index in [1.54, 1.807) is 13.8 Å². The minimum atomic E-state index is -4.35. The zero-order chi connectivity index (χ0) is 11.6. The van der Waals surface area contributed by atoms with Crippen molar-refractivity contribution in [2.45, 2.75) is 32.5 Å². The van der Waals surface area contributed by atoms with Gasteiger partial charge >= 0.3 is 6.18 Å². The van der Waals surface area contributed by atoms with Crippen LogP contribution in [0.5, 0.6) is 0 Å². The molecule has 0 aliphatic carbocycles. The third-order valence-corrected chi connectivity index (χ3v) is 2.04. The third kappa shape index (κ3) is 2.68. The van der Waals surface area contributed by atoms with Crippen LogP contribution in [0.2, 0.25) is 0 Å². The fourth-order valence-electron chi connectivity index (χ4n) is 1.31. The Kier molecular flexibility index (Phi) is 3.34. The van der Waals surface area contributed by atoms with E-state index in [9.17, 15) is 13.2 Å². The molecule has 0 atom stereocenters. The monoisotopic (exact) mass is 218 g/mol. The van der Waals surface area contributed by atoms with Crippen LogP contribution in [-0.2, 0) is 12.7 Å². The van der Waals surface area contributed by atoms with Crippen molar-refractivity contribution in [2.24, 2.45) is 5.73 Å². The summed E-state index contributed by atoms with van der Waals surface area (Å²) in [5.41, 5.74) is 5.20. The Balaban J connectivity index is 3.28. The molecule has 0 aliphatic heterocycles. The molecule has 0 bridgehead atoms. The molecule has 0 radical (unpaired) electrons. The second-order valence-corrected chi connectivity index (χ2v) is 3.59. The van der Waals surface area contributed by atoms with Crippen LogP contribution in [0.25, 0.3) is 0 Å². The van der Waals surface area contributed by atoms with Crippen LogP contribution in [0.4, 0.5) is 13.2 Å². The summed E-state index contributed by atoms with van der Waals surface area (Å²) < 4.78 is 37.7. The van der Waals surface area contributed by atoms with Gasteiger partial charge in [-0.1, -0.05) is 13.8 Å². The van der Waals surface area contributed by atoms with Gasteiger partial charge in [0.25, 0.3) is 0 Å². The molecular weight excluding hydrogens is 205 g/mol. The highest BCUT2D eigenvalue weighted by Crippen LogP contribution is 2.34. The Hall–Kier alpha value is -1.10. The maximum Gasteiger partial charge on any atom is 0.418 e. The lowest BCUT2D eigenvalue weighted by atomic mass is 10.0. The molecule has 0 saturated heterocycles. The van der Waals surface area contributed by atoms with E-state index in [0.29, 0.717) is 5.69 Å². The van der Waals surface area contributed by atoms with Gasteiger partial charge < -0.3 is 5.73 Å². The maximum absolute atomic E-state index is 12.6. The van der Waals surface area contributed by atoms with Crippen LogP contribution in [-0.4, -0.2) is 4.98 Å². The predicted molar refractivity (Wildman–Crippen MR) is 51.2 cm³/mol. The Morgan fingerprint density at radius 1 is 1.33 bits per heavy atom. The van der Waals surface area contributed by atoms with Gasteiger partial charge in [-0.15, -0.1) is 0 Å². The minimum Gasteiger partial charge on any atom is -0.325 e. The number of halogens is 3. The highest BCUT2D eigenvalue weighted by Gasteiger charge is 2.34. The Labute approximate surface area is 86.3 Å². The van der Waals surface area contributed by atoms with Crippen molar-refractivity contribution in [1.29, 1.82) is 0 Å². The second-order valence-electron chi connectivity index (χ2n) is 3.59. The molecule has 2 N–H and O–H groups in total. The average molecular weight is 218 g/mol. The molecular formula is C10H13F3N2. The van der Waals surface area contributed by atoms with Crippen LogP contribution < -0.4 is 5.73 Å². The molecule has 5 heteroatoms. The van der Waals surface area contributed by atoms with Gasteiger partial charge in [0.2, 0.25) is 0 Å². The normalized spacial score (nSPS) is 12.2. The van der Waals surface area contributed by atoms with Crippen molar-refractivity contribution in [3.05, 3.63) is 29.1 Å². The summed E-state index contributed by atoms with van der Waals surface area (Å²) in [4.78, 5) is 3.91. The number of aromatic nitrogens is 1. The van der Waals surface area contributed by atoms with Crippen LogP contribution >= 0.6 is 0 Å². The SMILES string of the molecule is CC(C)c1nc(CN)ccc1C(F)(F)F. The molecule has 0 aromatic carbocycles. The fraction of sp³-hybridized carbons (Fsp3) is 0.500. The van der Waals surface area contributed by atoms with Gasteiger partial charge in [-0.2, -0.15) is 13.2 Å². The summed E-state index contributed by atoms with van der Waals surface area (Å²) in [6.07, 6.45) is -4.35. The number of hydrogen-bond acceptors (Lipinski definition) is 2. The van der Waals surface area contributed by atoms with E-state index in [4.69, 9.17) is 5.73 Å². The Morgan fingerprint density at radius 2 is 1.93 bits per heavy atom. The maximum atomic E-state index is 12.6. The smallest absolute Gasteiger partial charge is 0.325 e. The van der Waals surface area contributed by atoms with E-state index in [0.717, 1.165) is 6.07 Å². The van der Waals surface area contributed by atoms with Crippen molar-refractivity contribution in [2.75, 3.05) is 0 Å². The minimum absolute atomic E-state index is 0.0606. The molecule has 1 heterocycles. The first-order valence-electron chi connectivity index (χ1n) is 4.63. The molecule has 0 fully saturated rings. The van der Waals surface area contributed by atoms with Crippen molar-refractivity contribution in [1.82, 2.24) is 4.98 Å². The Morgan fingerprint density at radius 3 is 2.33 bits per heavy atom. The summed E-state index contributed by atoms with van der Waals surface area (Å²) in [7, 11) is 0. The number of nitrogens with two attached hydrogens (primary N) is 1. The molecule has 15 heavy (non-hydrogen) atoms. The van der Waals surface area contributed by atoms with Gasteiger partial charge in [0, 0.05) is 6.54 Å². The average Bonchev–Trinajstić information content (AvgIpc) is 2.15. The molecule has 0 aliphatic rings. The van der Waals surface area contributed by atoms with E-state index in [1.807, 2.05) is 0 Å². The van der Waals surface area contributed by atoms with E-state index < -0.39 is 11.7 Å². The zero-order valence-corrected chi connectivity index (χ0v) is 8.60. The molecule has 0 amide bonds. The second kappa shape index (κ2) is 4.18. The standard InChI is InChI=1S/C10H13F3N2/c1-6(2)9-8(10(11,12)13)4-3-7(5-14)15-9/h3-4,6H,5,14H2,1-2H3. The molecule has 84 valence electrons. The molecule has 0 unspecified atom stereocenters. The summed E-state index contributed by atoms with van der Waals surface area (Å²) in [6, 6.07) is 2.36. The van der Waals surface area contributed by atoms with E-state index in [-0.39, 0.29) is 18.2 Å². The van der Waals surface area contributed by atoms with Gasteiger partial charge in [0.15, 0.2) is 0 Å². The van der Waals surface area contributed by atoms with Crippen molar-refractivity contribution in [3.63, 3.8) is 0 Å². The van der Waals surface area contributed by atoms with Crippen LogP contribution in [0.15, 0.2) is 12.1 Å². The van der Waals surface area contributed by atoms with E-state index in [1.165, 1.54) is 6.07 Å². The largest absolute Gasteiger partial charge is 0.418 e. The summed E-state index contributed by atoms with van der Waals surface area (Å²) in [5.74, 6) is -0.270. The van der Waals surface area contributed by atoms with Crippen molar-refractivity contribution < 1.29 is 13.2 Å². The summed E-state index contributed by atoms with van der Waals surface area (Å²) >= 11 is 0. The van der Waals surface area contributed by atoms with Gasteiger partial charge in [0.05, 0.1) is 17.0 Å². The third-order valence-electron chi connectivity index (χ3n) is 2.04. The highest BCUT2D eigenvalue weighted by atomic mass is 19.4. The quantitative estimate of drug-likeness (QED) is 0.828. The first-order valence-corrected chi connectivity index (χ1v) is 4.63.